The average molecular weight is 317 g/mol. The number of hydrogen-bond donors (Lipinski definition) is 2. The smallest absolute Gasteiger partial charge is 0.253 e. The van der Waals surface area contributed by atoms with Crippen LogP contribution < -0.4 is 5.73 Å². The van der Waals surface area contributed by atoms with Crippen LogP contribution >= 0.6 is 11.3 Å². The normalized spacial score (nSPS) is 18.0. The number of amidine groups is 1. The van der Waals surface area contributed by atoms with Crippen molar-refractivity contribution < 1.29 is 13.6 Å². The average Bonchev–Trinajstić information content (AvgIpc) is 3.06. The minimum absolute atomic E-state index is 0.0669. The number of nitrogens with zero attached hydrogens (tertiary/aromatic N) is 2. The zero-order valence-corrected chi connectivity index (χ0v) is 13.0. The van der Waals surface area contributed by atoms with Gasteiger partial charge in [0.05, 0.1) is 6.54 Å². The number of hydrogen-bond acceptors (Lipinski definition) is 5. The molecule has 0 unspecified atom stereocenters. The fourth-order valence-corrected chi connectivity index (χ4v) is 5.53. The van der Waals surface area contributed by atoms with Gasteiger partial charge >= 0.3 is 0 Å². The van der Waals surface area contributed by atoms with Gasteiger partial charge in [-0.15, -0.1) is 11.3 Å². The van der Waals surface area contributed by atoms with E-state index < -0.39 is 10.0 Å². The van der Waals surface area contributed by atoms with Gasteiger partial charge in [-0.05, 0) is 31.9 Å². The summed E-state index contributed by atoms with van der Waals surface area (Å²) in [5, 5.41) is 11.6. The van der Waals surface area contributed by atoms with Crippen molar-refractivity contribution in [2.45, 2.75) is 42.9 Å². The first-order chi connectivity index (χ1) is 9.45. The van der Waals surface area contributed by atoms with Crippen molar-refractivity contribution in [1.29, 1.82) is 0 Å². The van der Waals surface area contributed by atoms with Crippen molar-refractivity contribution in [1.82, 2.24) is 4.31 Å². The van der Waals surface area contributed by atoms with Gasteiger partial charge in [0.2, 0.25) is 0 Å². The maximum atomic E-state index is 12.7. The summed E-state index contributed by atoms with van der Waals surface area (Å²) in [6.07, 6.45) is 3.66. The van der Waals surface area contributed by atoms with Gasteiger partial charge in [-0.2, -0.15) is 4.31 Å². The first kappa shape index (κ1) is 15.3. The first-order valence-electron chi connectivity index (χ1n) is 6.50. The third kappa shape index (κ3) is 3.13. The molecule has 0 aromatic carbocycles. The Morgan fingerprint density at radius 2 is 2.15 bits per heavy atom. The van der Waals surface area contributed by atoms with Crippen LogP contribution in [0.25, 0.3) is 0 Å². The number of aryl methyl sites for hydroxylation is 1. The molecular weight excluding hydrogens is 298 g/mol. The number of oxime groups is 1. The SMILES string of the molecule is Cc1ccc(S(=O)(=O)N(CC(N)=NO)C2CCCC2)s1. The topological polar surface area (TPSA) is 96.0 Å². The molecule has 0 radical (unpaired) electrons. The van der Waals surface area contributed by atoms with Crippen molar-refractivity contribution in [2.24, 2.45) is 10.9 Å². The van der Waals surface area contributed by atoms with Crippen molar-refractivity contribution in [3.63, 3.8) is 0 Å². The van der Waals surface area contributed by atoms with Crippen molar-refractivity contribution in [3.8, 4) is 0 Å². The second-order valence-corrected chi connectivity index (χ2v) is 8.35. The maximum Gasteiger partial charge on any atom is 0.253 e. The van der Waals surface area contributed by atoms with E-state index in [0.717, 1.165) is 30.6 Å². The molecule has 0 saturated heterocycles. The summed E-state index contributed by atoms with van der Waals surface area (Å²) >= 11 is 1.24. The van der Waals surface area contributed by atoms with Gasteiger partial charge in [0, 0.05) is 10.9 Å². The molecule has 0 aliphatic heterocycles. The third-order valence-corrected chi connectivity index (χ3v) is 6.82. The van der Waals surface area contributed by atoms with Crippen LogP contribution in [-0.2, 0) is 10.0 Å². The Balaban J connectivity index is 2.34. The quantitative estimate of drug-likeness (QED) is 0.374. The summed E-state index contributed by atoms with van der Waals surface area (Å²) in [5.74, 6) is -0.0891. The maximum absolute atomic E-state index is 12.7. The zero-order valence-electron chi connectivity index (χ0n) is 11.3. The standard InChI is InChI=1S/C12H19N3O3S2/c1-9-6-7-12(19-9)20(17,18)15(8-11(13)14-16)10-4-2-3-5-10/h6-7,10,16H,2-5,8H2,1H3,(H2,13,14). The van der Waals surface area contributed by atoms with Gasteiger partial charge in [0.25, 0.3) is 10.0 Å². The Labute approximate surface area is 122 Å². The van der Waals surface area contributed by atoms with Gasteiger partial charge in [0.15, 0.2) is 5.84 Å². The fourth-order valence-electron chi connectivity index (χ4n) is 2.46. The minimum atomic E-state index is -3.59. The molecule has 2 rings (SSSR count). The molecule has 1 aromatic heterocycles. The summed E-state index contributed by atoms with van der Waals surface area (Å²) in [4.78, 5) is 0.943. The Bertz CT molecular complexity index is 589. The predicted molar refractivity (Wildman–Crippen MR) is 78.6 cm³/mol. The molecule has 6 nitrogen and oxygen atoms in total. The molecule has 112 valence electrons. The van der Waals surface area contributed by atoms with Gasteiger partial charge in [0.1, 0.15) is 4.21 Å². The lowest BCUT2D eigenvalue weighted by molar-refractivity contribution is 0.308. The monoisotopic (exact) mass is 317 g/mol. The van der Waals surface area contributed by atoms with E-state index in [-0.39, 0.29) is 18.4 Å². The summed E-state index contributed by atoms with van der Waals surface area (Å²) in [6.45, 7) is 1.80. The van der Waals surface area contributed by atoms with E-state index in [0.29, 0.717) is 4.21 Å². The molecule has 0 atom stereocenters. The molecule has 0 spiro atoms. The Morgan fingerprint density at radius 1 is 1.50 bits per heavy atom. The molecule has 1 aliphatic rings. The summed E-state index contributed by atoms with van der Waals surface area (Å²) in [7, 11) is -3.59. The van der Waals surface area contributed by atoms with Crippen molar-refractivity contribution >= 4 is 27.2 Å². The number of thiophene rings is 1. The van der Waals surface area contributed by atoms with Crippen molar-refractivity contribution in [3.05, 3.63) is 17.0 Å². The molecule has 1 fully saturated rings. The molecule has 1 saturated carbocycles. The van der Waals surface area contributed by atoms with Crippen molar-refractivity contribution in [2.75, 3.05) is 6.54 Å². The second kappa shape index (κ2) is 6.11. The molecule has 1 aliphatic carbocycles. The molecule has 1 aromatic rings. The molecule has 8 heteroatoms. The van der Waals surface area contributed by atoms with E-state index in [1.807, 2.05) is 6.92 Å². The lowest BCUT2D eigenvalue weighted by Crippen LogP contribution is -2.43. The third-order valence-electron chi connectivity index (χ3n) is 3.46. The van der Waals surface area contributed by atoms with Gasteiger partial charge in [-0.25, -0.2) is 8.42 Å². The molecular formula is C12H19N3O3S2. The van der Waals surface area contributed by atoms with E-state index in [2.05, 4.69) is 5.16 Å². The van der Waals surface area contributed by atoms with E-state index in [4.69, 9.17) is 10.9 Å². The van der Waals surface area contributed by atoms with Crippen LogP contribution in [0.3, 0.4) is 0 Å². The highest BCUT2D eigenvalue weighted by molar-refractivity contribution is 7.91. The predicted octanol–water partition coefficient (Wildman–Crippen LogP) is 1.74. The van der Waals surface area contributed by atoms with Crippen LogP contribution in [0.5, 0.6) is 0 Å². The molecule has 0 amide bonds. The number of rotatable bonds is 5. The zero-order chi connectivity index (χ0) is 14.8. The van der Waals surface area contributed by atoms with E-state index in [1.54, 1.807) is 12.1 Å². The van der Waals surface area contributed by atoms with E-state index >= 15 is 0 Å². The van der Waals surface area contributed by atoms with Crippen LogP contribution in [-0.4, -0.2) is 36.4 Å². The van der Waals surface area contributed by atoms with Crippen LogP contribution in [0.4, 0.5) is 0 Å². The highest BCUT2D eigenvalue weighted by Crippen LogP contribution is 2.31. The van der Waals surface area contributed by atoms with E-state index in [9.17, 15) is 8.42 Å². The van der Waals surface area contributed by atoms with Crippen LogP contribution in [0.1, 0.15) is 30.6 Å². The Kier molecular flexibility index (Phi) is 4.66. The lowest BCUT2D eigenvalue weighted by Gasteiger charge is -2.26. The fraction of sp³-hybridized carbons (Fsp3) is 0.583. The Hall–Kier alpha value is -1.12. The van der Waals surface area contributed by atoms with Gasteiger partial charge in [-0.3, -0.25) is 0 Å². The van der Waals surface area contributed by atoms with Crippen LogP contribution in [0.2, 0.25) is 0 Å². The molecule has 3 N–H and O–H groups in total. The summed E-state index contributed by atoms with van der Waals surface area (Å²) in [6, 6.07) is 3.33. The first-order valence-corrected chi connectivity index (χ1v) is 8.75. The summed E-state index contributed by atoms with van der Waals surface area (Å²) in [5.41, 5.74) is 5.52. The highest BCUT2D eigenvalue weighted by Gasteiger charge is 2.34. The number of sulfonamides is 1. The highest BCUT2D eigenvalue weighted by atomic mass is 32.2. The Morgan fingerprint density at radius 3 is 2.65 bits per heavy atom. The van der Waals surface area contributed by atoms with E-state index in [1.165, 1.54) is 15.6 Å². The molecule has 20 heavy (non-hydrogen) atoms. The molecule has 0 bridgehead atoms. The minimum Gasteiger partial charge on any atom is -0.409 e. The second-order valence-electron chi connectivity index (χ2n) is 4.94. The van der Waals surface area contributed by atoms with Crippen LogP contribution in [0, 0.1) is 6.92 Å². The summed E-state index contributed by atoms with van der Waals surface area (Å²) < 4.78 is 27.1. The van der Waals surface area contributed by atoms with Crippen LogP contribution in [0.15, 0.2) is 21.5 Å². The van der Waals surface area contributed by atoms with Gasteiger partial charge < -0.3 is 10.9 Å². The largest absolute Gasteiger partial charge is 0.409 e. The van der Waals surface area contributed by atoms with Gasteiger partial charge in [-0.1, -0.05) is 18.0 Å². The lowest BCUT2D eigenvalue weighted by atomic mass is 10.2. The molecule has 1 heterocycles. The number of nitrogens with two attached hydrogens (primary N) is 1.